The molecule has 0 aromatic heterocycles. The molecule has 0 atom stereocenters. The predicted octanol–water partition coefficient (Wildman–Crippen LogP) is 3.37. The number of benzene rings is 1. The van der Waals surface area contributed by atoms with Crippen LogP contribution in [0.3, 0.4) is 0 Å². The van der Waals surface area contributed by atoms with Gasteiger partial charge in [0.1, 0.15) is 0 Å². The zero-order chi connectivity index (χ0) is 12.7. The van der Waals surface area contributed by atoms with Crippen molar-refractivity contribution in [3.05, 3.63) is 35.4 Å². The molecule has 0 saturated heterocycles. The van der Waals surface area contributed by atoms with Crippen molar-refractivity contribution in [3.8, 4) is 0 Å². The molecule has 1 amide bonds. The largest absolute Gasteiger partial charge is 0.481 e. The molecule has 92 valence electrons. The first-order valence-corrected chi connectivity index (χ1v) is 5.98. The zero-order valence-electron chi connectivity index (χ0n) is 10.7. The van der Waals surface area contributed by atoms with Gasteiger partial charge in [0.05, 0.1) is 6.61 Å². The minimum Gasteiger partial charge on any atom is -0.481 e. The lowest BCUT2D eigenvalue weighted by atomic mass is 10.1. The Morgan fingerprint density at radius 3 is 2.41 bits per heavy atom. The molecule has 0 spiro atoms. The third kappa shape index (κ3) is 4.39. The number of rotatable bonds is 4. The lowest BCUT2D eigenvalue weighted by molar-refractivity contribution is 0.0998. The van der Waals surface area contributed by atoms with E-state index in [2.05, 4.69) is 4.99 Å². The van der Waals surface area contributed by atoms with Gasteiger partial charge in [-0.05, 0) is 32.4 Å². The zero-order valence-corrected chi connectivity index (χ0v) is 10.7. The molecule has 0 aliphatic heterocycles. The van der Waals surface area contributed by atoms with E-state index in [4.69, 9.17) is 4.74 Å². The average Bonchev–Trinajstić information content (AvgIpc) is 2.30. The Bertz CT molecular complexity index is 385. The number of carbonyl (C=O) groups excluding carboxylic acids is 1. The lowest BCUT2D eigenvalue weighted by Gasteiger charge is -2.05. The van der Waals surface area contributed by atoms with Crippen LogP contribution in [0.15, 0.2) is 29.3 Å². The summed E-state index contributed by atoms with van der Waals surface area (Å²) in [6.45, 7) is 6.45. The smallest absolute Gasteiger partial charge is 0.279 e. The summed E-state index contributed by atoms with van der Waals surface area (Å²) < 4.78 is 5.33. The molecule has 17 heavy (non-hydrogen) atoms. The van der Waals surface area contributed by atoms with Crippen molar-refractivity contribution in [1.82, 2.24) is 0 Å². The molecule has 0 aliphatic carbocycles. The van der Waals surface area contributed by atoms with Gasteiger partial charge in [-0.2, -0.15) is 4.99 Å². The van der Waals surface area contributed by atoms with E-state index in [0.29, 0.717) is 24.5 Å². The molecule has 0 aliphatic rings. The Morgan fingerprint density at radius 2 is 1.88 bits per heavy atom. The number of hydrogen-bond donors (Lipinski definition) is 0. The normalized spacial score (nSPS) is 11.4. The highest BCUT2D eigenvalue weighted by Gasteiger charge is 2.06. The maximum atomic E-state index is 11.8. The van der Waals surface area contributed by atoms with Crippen molar-refractivity contribution in [3.63, 3.8) is 0 Å². The molecule has 0 heterocycles. The van der Waals surface area contributed by atoms with Crippen LogP contribution in [0.4, 0.5) is 0 Å². The lowest BCUT2D eigenvalue weighted by Crippen LogP contribution is -2.08. The molecule has 0 N–H and O–H groups in total. The second-order valence-electron chi connectivity index (χ2n) is 3.86. The number of nitrogens with zero attached hydrogens (tertiary/aromatic N) is 1. The number of aryl methyl sites for hydroxylation is 1. The first kappa shape index (κ1) is 13.4. The second-order valence-corrected chi connectivity index (χ2v) is 3.86. The van der Waals surface area contributed by atoms with Crippen LogP contribution < -0.4 is 0 Å². The van der Waals surface area contributed by atoms with E-state index < -0.39 is 0 Å². The molecule has 1 aromatic carbocycles. The Balaban J connectivity index is 2.80. The van der Waals surface area contributed by atoms with Crippen LogP contribution in [0.5, 0.6) is 0 Å². The van der Waals surface area contributed by atoms with Crippen LogP contribution in [0, 0.1) is 6.92 Å². The molecular formula is C14H19NO2. The van der Waals surface area contributed by atoms with E-state index in [-0.39, 0.29) is 5.91 Å². The van der Waals surface area contributed by atoms with E-state index in [1.54, 1.807) is 12.1 Å². The van der Waals surface area contributed by atoms with Crippen LogP contribution in [0.1, 0.15) is 42.6 Å². The fraction of sp³-hybridized carbons (Fsp3) is 0.429. The maximum Gasteiger partial charge on any atom is 0.279 e. The van der Waals surface area contributed by atoms with Crippen LogP contribution in [0.25, 0.3) is 0 Å². The third-order valence-electron chi connectivity index (χ3n) is 2.30. The summed E-state index contributed by atoms with van der Waals surface area (Å²) in [4.78, 5) is 15.9. The van der Waals surface area contributed by atoms with Gasteiger partial charge in [0.25, 0.3) is 5.91 Å². The molecule has 3 heteroatoms. The number of hydrogen-bond acceptors (Lipinski definition) is 2. The quantitative estimate of drug-likeness (QED) is 0.590. The molecule has 3 nitrogen and oxygen atoms in total. The second kappa shape index (κ2) is 6.84. The van der Waals surface area contributed by atoms with E-state index in [1.165, 1.54) is 0 Å². The van der Waals surface area contributed by atoms with Gasteiger partial charge in [-0.25, -0.2) is 0 Å². The average molecular weight is 233 g/mol. The van der Waals surface area contributed by atoms with Crippen molar-refractivity contribution in [2.75, 3.05) is 6.61 Å². The molecule has 0 radical (unpaired) electrons. The molecule has 1 aromatic rings. The summed E-state index contributed by atoms with van der Waals surface area (Å²) in [6, 6.07) is 7.39. The summed E-state index contributed by atoms with van der Waals surface area (Å²) in [5, 5.41) is 0. The molecule has 0 fully saturated rings. The van der Waals surface area contributed by atoms with Gasteiger partial charge in [0, 0.05) is 12.0 Å². The van der Waals surface area contributed by atoms with E-state index in [0.717, 1.165) is 12.0 Å². The SMILES string of the molecule is CCC/C(=N/C(=O)c1ccc(C)cc1)OCC. The number of carbonyl (C=O) groups is 1. The highest BCUT2D eigenvalue weighted by Crippen LogP contribution is 2.06. The van der Waals surface area contributed by atoms with E-state index in [9.17, 15) is 4.79 Å². The van der Waals surface area contributed by atoms with Gasteiger partial charge in [0.15, 0.2) is 5.90 Å². The van der Waals surface area contributed by atoms with Crippen LogP contribution in [-0.4, -0.2) is 18.4 Å². The van der Waals surface area contributed by atoms with Crippen molar-refractivity contribution < 1.29 is 9.53 Å². The Morgan fingerprint density at radius 1 is 1.24 bits per heavy atom. The van der Waals surface area contributed by atoms with E-state index >= 15 is 0 Å². The number of ether oxygens (including phenoxy) is 1. The highest BCUT2D eigenvalue weighted by atomic mass is 16.5. The van der Waals surface area contributed by atoms with Crippen LogP contribution >= 0.6 is 0 Å². The third-order valence-corrected chi connectivity index (χ3v) is 2.30. The van der Waals surface area contributed by atoms with Crippen LogP contribution in [0.2, 0.25) is 0 Å². The van der Waals surface area contributed by atoms with Crippen molar-refractivity contribution >= 4 is 11.8 Å². The monoisotopic (exact) mass is 233 g/mol. The molecule has 0 bridgehead atoms. The predicted molar refractivity (Wildman–Crippen MR) is 69.5 cm³/mol. The molecular weight excluding hydrogens is 214 g/mol. The topological polar surface area (TPSA) is 38.7 Å². The first-order valence-electron chi connectivity index (χ1n) is 5.98. The van der Waals surface area contributed by atoms with Gasteiger partial charge in [0.2, 0.25) is 0 Å². The van der Waals surface area contributed by atoms with Gasteiger partial charge >= 0.3 is 0 Å². The first-order chi connectivity index (χ1) is 8.17. The van der Waals surface area contributed by atoms with Crippen molar-refractivity contribution in [2.24, 2.45) is 4.99 Å². The van der Waals surface area contributed by atoms with E-state index in [1.807, 2.05) is 32.9 Å². The van der Waals surface area contributed by atoms with Crippen molar-refractivity contribution in [1.29, 1.82) is 0 Å². The fourth-order valence-electron chi connectivity index (χ4n) is 1.41. The minimum absolute atomic E-state index is 0.234. The van der Waals surface area contributed by atoms with Gasteiger partial charge in [-0.15, -0.1) is 0 Å². The van der Waals surface area contributed by atoms with Gasteiger partial charge < -0.3 is 4.74 Å². The van der Waals surface area contributed by atoms with Gasteiger partial charge in [-0.1, -0.05) is 24.6 Å². The van der Waals surface area contributed by atoms with Crippen LogP contribution in [-0.2, 0) is 4.74 Å². The summed E-state index contributed by atoms with van der Waals surface area (Å²) in [6.07, 6.45) is 1.62. The summed E-state index contributed by atoms with van der Waals surface area (Å²) in [5.74, 6) is 0.294. The molecule has 0 unspecified atom stereocenters. The summed E-state index contributed by atoms with van der Waals surface area (Å²) in [7, 11) is 0. The highest BCUT2D eigenvalue weighted by molar-refractivity contribution is 6.01. The minimum atomic E-state index is -0.234. The van der Waals surface area contributed by atoms with Crippen molar-refractivity contribution in [2.45, 2.75) is 33.6 Å². The van der Waals surface area contributed by atoms with Gasteiger partial charge in [-0.3, -0.25) is 4.79 Å². The number of amides is 1. The molecule has 1 rings (SSSR count). The summed E-state index contributed by atoms with van der Waals surface area (Å²) >= 11 is 0. The Kier molecular flexibility index (Phi) is 5.40. The maximum absolute atomic E-state index is 11.8. The Labute approximate surface area is 103 Å². The molecule has 0 saturated carbocycles. The number of aliphatic imine (C=N–C) groups is 1. The Hall–Kier alpha value is -1.64. The summed E-state index contributed by atoms with van der Waals surface area (Å²) in [5.41, 5.74) is 1.73. The fourth-order valence-corrected chi connectivity index (χ4v) is 1.41. The standard InChI is InChI=1S/C14H19NO2/c1-4-6-13(17-5-2)15-14(16)12-9-7-11(3)8-10-12/h7-10H,4-6H2,1-3H3/b15-13-.